The number of hydrogen-bond donors (Lipinski definition) is 2. The molecule has 1 aliphatic carbocycles. The standard InChI is InChI=1S/C27H35N3O2/c1-19-8-10-21(11-9-19)26(31)29-23-12-13-25(30-16-14-20(2)15-17-30)24(18-23)27(32)28-22-6-4-3-5-7-22/h8-13,18,20,22H,3-7,14-17H2,1-2H3,(H,28,32)(H,29,31). The van der Waals surface area contributed by atoms with Crippen molar-refractivity contribution in [3.63, 3.8) is 0 Å². The van der Waals surface area contributed by atoms with Gasteiger partial charge in [-0.3, -0.25) is 9.59 Å². The number of amides is 2. The lowest BCUT2D eigenvalue weighted by Gasteiger charge is -2.34. The maximum atomic E-state index is 13.3. The van der Waals surface area contributed by atoms with E-state index in [9.17, 15) is 9.59 Å². The van der Waals surface area contributed by atoms with Crippen molar-refractivity contribution >= 4 is 23.2 Å². The lowest BCUT2D eigenvalue weighted by molar-refractivity contribution is 0.0927. The van der Waals surface area contributed by atoms with Gasteiger partial charge in [-0.15, -0.1) is 0 Å². The summed E-state index contributed by atoms with van der Waals surface area (Å²) in [6.45, 7) is 6.20. The molecule has 0 atom stereocenters. The summed E-state index contributed by atoms with van der Waals surface area (Å²) >= 11 is 0. The summed E-state index contributed by atoms with van der Waals surface area (Å²) in [4.78, 5) is 28.4. The minimum absolute atomic E-state index is 0.0306. The molecule has 4 rings (SSSR count). The molecular formula is C27H35N3O2. The van der Waals surface area contributed by atoms with Gasteiger partial charge in [0.2, 0.25) is 0 Å². The van der Waals surface area contributed by atoms with Crippen LogP contribution in [-0.2, 0) is 0 Å². The minimum atomic E-state index is -0.164. The highest BCUT2D eigenvalue weighted by molar-refractivity contribution is 6.06. The highest BCUT2D eigenvalue weighted by Gasteiger charge is 2.24. The number of carbonyl (C=O) groups excluding carboxylic acids is 2. The molecule has 1 aliphatic heterocycles. The maximum absolute atomic E-state index is 13.3. The van der Waals surface area contributed by atoms with E-state index in [0.717, 1.165) is 55.9 Å². The largest absolute Gasteiger partial charge is 0.371 e. The molecule has 32 heavy (non-hydrogen) atoms. The zero-order valence-corrected chi connectivity index (χ0v) is 19.3. The van der Waals surface area contributed by atoms with Crippen LogP contribution in [0.3, 0.4) is 0 Å². The van der Waals surface area contributed by atoms with E-state index in [0.29, 0.717) is 16.8 Å². The van der Waals surface area contributed by atoms with Crippen LogP contribution in [0.5, 0.6) is 0 Å². The van der Waals surface area contributed by atoms with E-state index in [-0.39, 0.29) is 17.9 Å². The summed E-state index contributed by atoms with van der Waals surface area (Å²) in [6, 6.07) is 13.5. The summed E-state index contributed by atoms with van der Waals surface area (Å²) in [7, 11) is 0. The Balaban J connectivity index is 1.56. The van der Waals surface area contributed by atoms with Crippen molar-refractivity contribution in [1.82, 2.24) is 5.32 Å². The monoisotopic (exact) mass is 433 g/mol. The van der Waals surface area contributed by atoms with Crippen LogP contribution < -0.4 is 15.5 Å². The molecule has 170 valence electrons. The van der Waals surface area contributed by atoms with E-state index in [4.69, 9.17) is 0 Å². The summed E-state index contributed by atoms with van der Waals surface area (Å²) in [5, 5.41) is 6.24. The average molecular weight is 434 g/mol. The molecule has 0 unspecified atom stereocenters. The van der Waals surface area contributed by atoms with Crippen LogP contribution in [0.2, 0.25) is 0 Å². The number of rotatable bonds is 5. The molecule has 2 fully saturated rings. The van der Waals surface area contributed by atoms with E-state index in [1.165, 1.54) is 19.3 Å². The zero-order valence-electron chi connectivity index (χ0n) is 19.3. The van der Waals surface area contributed by atoms with Gasteiger partial charge in [0.1, 0.15) is 0 Å². The van der Waals surface area contributed by atoms with E-state index in [1.54, 1.807) is 0 Å². The predicted molar refractivity (Wildman–Crippen MR) is 131 cm³/mol. The third-order valence-corrected chi connectivity index (χ3v) is 6.88. The number of benzene rings is 2. The average Bonchev–Trinajstić information content (AvgIpc) is 2.81. The number of nitrogens with zero attached hydrogens (tertiary/aromatic N) is 1. The molecule has 2 aromatic carbocycles. The Kier molecular flexibility index (Phi) is 7.13. The quantitative estimate of drug-likeness (QED) is 0.650. The normalized spacial score (nSPS) is 17.8. The third kappa shape index (κ3) is 5.50. The molecule has 1 saturated carbocycles. The summed E-state index contributed by atoms with van der Waals surface area (Å²) < 4.78 is 0. The smallest absolute Gasteiger partial charge is 0.255 e. The summed E-state index contributed by atoms with van der Waals surface area (Å²) in [5.74, 6) is 0.527. The summed E-state index contributed by atoms with van der Waals surface area (Å²) in [6.07, 6.45) is 7.97. The first kappa shape index (κ1) is 22.4. The molecule has 1 heterocycles. The Labute approximate surface area is 191 Å². The number of piperidine rings is 1. The van der Waals surface area contributed by atoms with Gasteiger partial charge in [0.15, 0.2) is 0 Å². The molecule has 2 amide bonds. The van der Waals surface area contributed by atoms with E-state index in [2.05, 4.69) is 22.5 Å². The van der Waals surface area contributed by atoms with Gasteiger partial charge in [0.25, 0.3) is 11.8 Å². The zero-order chi connectivity index (χ0) is 22.5. The molecule has 2 aliphatic rings. The van der Waals surface area contributed by atoms with Gasteiger partial charge in [0, 0.05) is 36.1 Å². The van der Waals surface area contributed by atoms with Crippen LogP contribution in [0.4, 0.5) is 11.4 Å². The topological polar surface area (TPSA) is 61.4 Å². The first-order chi connectivity index (χ1) is 15.5. The van der Waals surface area contributed by atoms with Crippen LogP contribution in [0, 0.1) is 12.8 Å². The molecule has 0 bridgehead atoms. The Morgan fingerprint density at radius 2 is 1.56 bits per heavy atom. The highest BCUT2D eigenvalue weighted by atomic mass is 16.2. The Bertz CT molecular complexity index is 940. The van der Waals surface area contributed by atoms with Crippen molar-refractivity contribution in [2.75, 3.05) is 23.3 Å². The number of carbonyl (C=O) groups is 2. The Morgan fingerprint density at radius 1 is 0.875 bits per heavy atom. The van der Waals surface area contributed by atoms with Crippen LogP contribution in [0.25, 0.3) is 0 Å². The fraction of sp³-hybridized carbons (Fsp3) is 0.481. The molecule has 0 radical (unpaired) electrons. The first-order valence-corrected chi connectivity index (χ1v) is 12.1. The molecule has 2 aromatic rings. The lowest BCUT2D eigenvalue weighted by Crippen LogP contribution is -2.38. The van der Waals surface area contributed by atoms with E-state index >= 15 is 0 Å². The van der Waals surface area contributed by atoms with Crippen LogP contribution >= 0.6 is 0 Å². The van der Waals surface area contributed by atoms with E-state index < -0.39 is 0 Å². The number of hydrogen-bond acceptors (Lipinski definition) is 3. The second kappa shape index (κ2) is 10.2. The van der Waals surface area contributed by atoms with Crippen LogP contribution in [-0.4, -0.2) is 30.9 Å². The van der Waals surface area contributed by atoms with Gasteiger partial charge in [0.05, 0.1) is 5.56 Å². The molecular weight excluding hydrogens is 398 g/mol. The van der Waals surface area contributed by atoms with Gasteiger partial charge >= 0.3 is 0 Å². The molecule has 0 spiro atoms. The Hall–Kier alpha value is -2.82. The van der Waals surface area contributed by atoms with Gasteiger partial charge in [-0.05, 0) is 68.9 Å². The first-order valence-electron chi connectivity index (χ1n) is 12.1. The minimum Gasteiger partial charge on any atom is -0.371 e. The van der Waals surface area contributed by atoms with Crippen molar-refractivity contribution in [2.24, 2.45) is 5.92 Å². The second-order valence-corrected chi connectivity index (χ2v) is 9.53. The van der Waals surface area contributed by atoms with Crippen LogP contribution in [0.15, 0.2) is 42.5 Å². The molecule has 2 N–H and O–H groups in total. The fourth-order valence-electron chi connectivity index (χ4n) is 4.74. The second-order valence-electron chi connectivity index (χ2n) is 9.53. The molecule has 1 saturated heterocycles. The van der Waals surface area contributed by atoms with Gasteiger partial charge in [-0.2, -0.15) is 0 Å². The van der Waals surface area contributed by atoms with E-state index in [1.807, 2.05) is 49.4 Å². The fourth-order valence-corrected chi connectivity index (χ4v) is 4.74. The van der Waals surface area contributed by atoms with Crippen molar-refractivity contribution in [1.29, 1.82) is 0 Å². The highest BCUT2D eigenvalue weighted by Crippen LogP contribution is 2.29. The lowest BCUT2D eigenvalue weighted by atomic mass is 9.95. The number of nitrogens with one attached hydrogen (secondary N) is 2. The molecule has 5 heteroatoms. The van der Waals surface area contributed by atoms with Crippen molar-refractivity contribution in [2.45, 2.75) is 64.8 Å². The molecule has 5 nitrogen and oxygen atoms in total. The van der Waals surface area contributed by atoms with Gasteiger partial charge < -0.3 is 15.5 Å². The predicted octanol–water partition coefficient (Wildman–Crippen LogP) is 5.55. The SMILES string of the molecule is Cc1ccc(C(=O)Nc2ccc(N3CCC(C)CC3)c(C(=O)NC3CCCCC3)c2)cc1. The number of aryl methyl sites for hydroxylation is 1. The summed E-state index contributed by atoms with van der Waals surface area (Å²) in [5.41, 5.74) is 4.00. The Morgan fingerprint density at radius 3 is 2.25 bits per heavy atom. The maximum Gasteiger partial charge on any atom is 0.255 e. The number of anilines is 2. The van der Waals surface area contributed by atoms with Crippen molar-refractivity contribution in [3.05, 3.63) is 59.2 Å². The van der Waals surface area contributed by atoms with Crippen LogP contribution in [0.1, 0.15) is 78.1 Å². The van der Waals surface area contributed by atoms with Gasteiger partial charge in [-0.25, -0.2) is 0 Å². The van der Waals surface area contributed by atoms with Crippen molar-refractivity contribution in [3.8, 4) is 0 Å². The van der Waals surface area contributed by atoms with Gasteiger partial charge in [-0.1, -0.05) is 43.9 Å². The van der Waals surface area contributed by atoms with Crippen molar-refractivity contribution < 1.29 is 9.59 Å². The third-order valence-electron chi connectivity index (χ3n) is 6.88. The molecule has 0 aromatic heterocycles.